The summed E-state index contributed by atoms with van der Waals surface area (Å²) >= 11 is 6.09. The average molecular weight is 390 g/mol. The largest absolute Gasteiger partial charge is 0.493 e. The minimum absolute atomic E-state index is 0.0236. The fraction of sp³-hybridized carbons (Fsp3) is 0.381. The molecule has 2 aromatic rings. The van der Waals surface area contributed by atoms with Crippen LogP contribution in [0.3, 0.4) is 0 Å². The van der Waals surface area contributed by atoms with Crippen molar-refractivity contribution in [3.8, 4) is 11.5 Å². The maximum absolute atomic E-state index is 12.3. The van der Waals surface area contributed by atoms with Crippen LogP contribution in [0.25, 0.3) is 0 Å². The molecule has 1 amide bonds. The first kappa shape index (κ1) is 19.5. The maximum Gasteiger partial charge on any atom is 0.225 e. The van der Waals surface area contributed by atoms with Crippen molar-refractivity contribution in [2.45, 2.75) is 19.3 Å². The molecule has 1 heterocycles. The normalized spacial score (nSPS) is 14.9. The molecule has 1 aliphatic heterocycles. The first-order valence-corrected chi connectivity index (χ1v) is 9.37. The number of carbonyl (C=O) groups is 1. The van der Waals surface area contributed by atoms with Crippen molar-refractivity contribution in [1.82, 2.24) is 0 Å². The predicted octanol–water partition coefficient (Wildman–Crippen LogP) is 4.51. The van der Waals surface area contributed by atoms with E-state index >= 15 is 0 Å². The lowest BCUT2D eigenvalue weighted by molar-refractivity contribution is -0.116. The lowest BCUT2D eigenvalue weighted by Gasteiger charge is -2.26. The Balaban J connectivity index is 1.60. The van der Waals surface area contributed by atoms with Gasteiger partial charge in [0.15, 0.2) is 11.5 Å². The van der Waals surface area contributed by atoms with Crippen LogP contribution in [0.15, 0.2) is 42.5 Å². The molecule has 6 heteroatoms. The van der Waals surface area contributed by atoms with Gasteiger partial charge in [0.05, 0.1) is 37.6 Å². The van der Waals surface area contributed by atoms with E-state index in [-0.39, 0.29) is 11.8 Å². The number of benzene rings is 2. The molecular formula is C21H24ClNO4. The van der Waals surface area contributed by atoms with Crippen LogP contribution in [0.1, 0.15) is 24.8 Å². The molecule has 144 valence electrons. The van der Waals surface area contributed by atoms with E-state index in [0.717, 1.165) is 18.8 Å². The Morgan fingerprint density at radius 3 is 2.70 bits per heavy atom. The number of amides is 1. The Hall–Kier alpha value is -2.24. The summed E-state index contributed by atoms with van der Waals surface area (Å²) in [5.41, 5.74) is 1.64. The molecule has 1 atom stereocenters. The highest BCUT2D eigenvalue weighted by Crippen LogP contribution is 2.33. The third kappa shape index (κ3) is 5.15. The van der Waals surface area contributed by atoms with Crippen molar-refractivity contribution in [2.75, 3.05) is 32.2 Å². The van der Waals surface area contributed by atoms with E-state index in [1.54, 1.807) is 19.2 Å². The van der Waals surface area contributed by atoms with Crippen molar-refractivity contribution in [3.63, 3.8) is 0 Å². The number of anilines is 1. The number of carbonyl (C=O) groups excluding carboxylic acids is 1. The number of halogens is 1. The minimum atomic E-state index is -0.0834. The van der Waals surface area contributed by atoms with E-state index in [1.165, 1.54) is 0 Å². The van der Waals surface area contributed by atoms with Gasteiger partial charge in [-0.05, 0) is 35.7 Å². The monoisotopic (exact) mass is 389 g/mol. The third-order valence-corrected chi connectivity index (χ3v) is 4.91. The van der Waals surface area contributed by atoms with Crippen molar-refractivity contribution < 1.29 is 19.0 Å². The number of hydrogen-bond donors (Lipinski definition) is 1. The van der Waals surface area contributed by atoms with Gasteiger partial charge in [-0.15, -0.1) is 0 Å². The molecule has 5 nitrogen and oxygen atoms in total. The van der Waals surface area contributed by atoms with Crippen LogP contribution in [0.4, 0.5) is 5.69 Å². The van der Waals surface area contributed by atoms with Crippen LogP contribution in [0, 0.1) is 5.92 Å². The molecule has 2 aromatic carbocycles. The Kier molecular flexibility index (Phi) is 6.58. The lowest BCUT2D eigenvalue weighted by atomic mass is 9.97. The van der Waals surface area contributed by atoms with E-state index < -0.39 is 0 Å². The number of hydrogen-bond acceptors (Lipinski definition) is 4. The molecule has 0 radical (unpaired) electrons. The summed E-state index contributed by atoms with van der Waals surface area (Å²) in [4.78, 5) is 12.3. The lowest BCUT2D eigenvalue weighted by Crippen LogP contribution is -2.32. The van der Waals surface area contributed by atoms with Gasteiger partial charge in [0.2, 0.25) is 5.91 Å². The van der Waals surface area contributed by atoms with Crippen LogP contribution in [0.5, 0.6) is 11.5 Å². The smallest absolute Gasteiger partial charge is 0.225 e. The molecule has 0 aliphatic carbocycles. The van der Waals surface area contributed by atoms with Crippen LogP contribution in [0.2, 0.25) is 5.02 Å². The Labute approximate surface area is 164 Å². The number of rotatable bonds is 8. The van der Waals surface area contributed by atoms with Gasteiger partial charge in [-0.3, -0.25) is 4.79 Å². The molecular weight excluding hydrogens is 366 g/mol. The fourth-order valence-electron chi connectivity index (χ4n) is 2.86. The quantitative estimate of drug-likeness (QED) is 0.721. The van der Waals surface area contributed by atoms with Gasteiger partial charge in [0.25, 0.3) is 0 Å². The maximum atomic E-state index is 12.3. The number of ether oxygens (including phenoxy) is 3. The van der Waals surface area contributed by atoms with Crippen LogP contribution >= 0.6 is 11.6 Å². The highest BCUT2D eigenvalue weighted by molar-refractivity contribution is 6.33. The van der Waals surface area contributed by atoms with Crippen molar-refractivity contribution in [1.29, 1.82) is 0 Å². The van der Waals surface area contributed by atoms with E-state index in [9.17, 15) is 4.79 Å². The third-order valence-electron chi connectivity index (χ3n) is 4.58. The van der Waals surface area contributed by atoms with Gasteiger partial charge >= 0.3 is 0 Å². The van der Waals surface area contributed by atoms with Crippen molar-refractivity contribution >= 4 is 23.2 Å². The van der Waals surface area contributed by atoms with E-state index in [0.29, 0.717) is 41.2 Å². The molecule has 1 aliphatic rings. The summed E-state index contributed by atoms with van der Waals surface area (Å²) in [7, 11) is 1.62. The van der Waals surface area contributed by atoms with Gasteiger partial charge in [-0.1, -0.05) is 36.7 Å². The average Bonchev–Trinajstić information content (AvgIpc) is 2.62. The zero-order valence-corrected chi connectivity index (χ0v) is 16.3. The number of nitrogens with one attached hydrogen (secondary N) is 1. The van der Waals surface area contributed by atoms with Crippen LogP contribution < -0.4 is 14.8 Å². The summed E-state index contributed by atoms with van der Waals surface area (Å²) in [5.74, 6) is 1.77. The second-order valence-electron chi connectivity index (χ2n) is 6.76. The second kappa shape index (κ2) is 9.11. The van der Waals surface area contributed by atoms with E-state index in [2.05, 4.69) is 5.32 Å². The second-order valence-corrected chi connectivity index (χ2v) is 7.17. The molecule has 27 heavy (non-hydrogen) atoms. The topological polar surface area (TPSA) is 56.8 Å². The highest BCUT2D eigenvalue weighted by Gasteiger charge is 2.20. The molecule has 3 rings (SSSR count). The highest BCUT2D eigenvalue weighted by atomic mass is 35.5. The molecule has 1 saturated heterocycles. The summed E-state index contributed by atoms with van der Waals surface area (Å²) < 4.78 is 16.5. The van der Waals surface area contributed by atoms with Gasteiger partial charge in [0.1, 0.15) is 0 Å². The van der Waals surface area contributed by atoms with Crippen molar-refractivity contribution in [3.05, 3.63) is 53.1 Å². The Morgan fingerprint density at radius 1 is 1.26 bits per heavy atom. The van der Waals surface area contributed by atoms with Gasteiger partial charge < -0.3 is 19.5 Å². The molecule has 1 unspecified atom stereocenters. The SMILES string of the molecule is COc1cc(C(C)CC(=O)Nc2ccccc2Cl)ccc1OCC1COC1. The van der Waals surface area contributed by atoms with Gasteiger partial charge in [-0.2, -0.15) is 0 Å². The summed E-state index contributed by atoms with van der Waals surface area (Å²) in [6.07, 6.45) is 0.341. The van der Waals surface area contributed by atoms with Gasteiger partial charge in [0, 0.05) is 12.3 Å². The van der Waals surface area contributed by atoms with Crippen molar-refractivity contribution in [2.24, 2.45) is 5.92 Å². The number of methoxy groups -OCH3 is 1. The predicted molar refractivity (Wildman–Crippen MR) is 106 cm³/mol. The minimum Gasteiger partial charge on any atom is -0.493 e. The van der Waals surface area contributed by atoms with Crippen LogP contribution in [-0.4, -0.2) is 32.8 Å². The molecule has 1 N–H and O–H groups in total. The van der Waals surface area contributed by atoms with E-state index in [4.69, 9.17) is 25.8 Å². The first-order chi connectivity index (χ1) is 13.1. The Bertz CT molecular complexity index is 792. The zero-order chi connectivity index (χ0) is 19.2. The first-order valence-electron chi connectivity index (χ1n) is 8.99. The zero-order valence-electron chi connectivity index (χ0n) is 15.5. The Morgan fingerprint density at radius 2 is 2.04 bits per heavy atom. The molecule has 0 aromatic heterocycles. The van der Waals surface area contributed by atoms with Gasteiger partial charge in [-0.25, -0.2) is 0 Å². The molecule has 0 saturated carbocycles. The summed E-state index contributed by atoms with van der Waals surface area (Å²) in [6, 6.07) is 13.0. The molecule has 1 fully saturated rings. The molecule has 0 spiro atoms. The summed E-state index contributed by atoms with van der Waals surface area (Å²) in [5, 5.41) is 3.38. The molecule has 0 bridgehead atoms. The summed E-state index contributed by atoms with van der Waals surface area (Å²) in [6.45, 7) is 4.12. The number of para-hydroxylation sites is 1. The fourth-order valence-corrected chi connectivity index (χ4v) is 3.04. The van der Waals surface area contributed by atoms with Crippen LogP contribution in [-0.2, 0) is 9.53 Å². The standard InChI is InChI=1S/C21H24ClNO4/c1-14(9-21(24)23-18-6-4-3-5-17(18)22)16-7-8-19(20(10-16)25-2)27-13-15-11-26-12-15/h3-8,10,14-15H,9,11-13H2,1-2H3,(H,23,24). The van der Waals surface area contributed by atoms with E-state index in [1.807, 2.05) is 37.3 Å².